The average Bonchev–Trinajstić information content (AvgIpc) is 3.44. The van der Waals surface area contributed by atoms with Crippen molar-refractivity contribution in [2.75, 3.05) is 0 Å². The van der Waals surface area contributed by atoms with Crippen molar-refractivity contribution >= 4 is 46.6 Å². The third kappa shape index (κ3) is 6.19. The molecule has 18 heteroatoms. The summed E-state index contributed by atoms with van der Waals surface area (Å²) >= 11 is 1.98. The number of carbonyl (C=O) groups excluding carboxylic acids is 1. The summed E-state index contributed by atoms with van der Waals surface area (Å²) in [4.78, 5) is 61.7. The molecule has 3 heterocycles. The molecule has 11 nitrogen and oxygen atoms in total. The van der Waals surface area contributed by atoms with Crippen LogP contribution in [0.25, 0.3) is 21.5 Å². The normalized spacial score (nSPS) is 13.0. The zero-order valence-corrected chi connectivity index (χ0v) is 24.0. The van der Waals surface area contributed by atoms with Crippen LogP contribution in [0.1, 0.15) is 22.9 Å². The van der Waals surface area contributed by atoms with Crippen LogP contribution in [0, 0.1) is 5.82 Å². The summed E-state index contributed by atoms with van der Waals surface area (Å²) in [5.74, 6) is -2.35. The van der Waals surface area contributed by atoms with E-state index in [0.717, 1.165) is 26.5 Å². The average molecular weight is 637 g/mol. The molecule has 0 aliphatic heterocycles. The van der Waals surface area contributed by atoms with E-state index in [1.54, 1.807) is 6.92 Å². The van der Waals surface area contributed by atoms with Gasteiger partial charge in [0.25, 0.3) is 11.5 Å². The van der Waals surface area contributed by atoms with Gasteiger partial charge < -0.3 is 9.79 Å². The van der Waals surface area contributed by atoms with E-state index in [2.05, 4.69) is 9.52 Å². The number of phosphoric acid groups is 1. The minimum atomic E-state index is -5.04. The molecule has 41 heavy (non-hydrogen) atoms. The Labute approximate surface area is 235 Å². The van der Waals surface area contributed by atoms with Gasteiger partial charge in [-0.05, 0) is 24.1 Å². The van der Waals surface area contributed by atoms with Gasteiger partial charge in [-0.3, -0.25) is 27.8 Å². The highest BCUT2D eigenvalue weighted by atomic mass is 32.1. The summed E-state index contributed by atoms with van der Waals surface area (Å²) < 4.78 is 72.4. The van der Waals surface area contributed by atoms with Crippen LogP contribution >= 0.6 is 30.5 Å². The lowest BCUT2D eigenvalue weighted by Gasteiger charge is -2.12. The third-order valence-electron chi connectivity index (χ3n) is 6.06. The monoisotopic (exact) mass is 636 g/mol. The molecule has 0 spiro atoms. The molecule has 0 fully saturated rings. The number of alkyl halides is 3. The molecule has 0 unspecified atom stereocenters. The second-order valence-corrected chi connectivity index (χ2v) is 11.9. The molecule has 220 valence electrons. The molecule has 2 N–H and O–H groups in total. The van der Waals surface area contributed by atoms with E-state index >= 15 is 0 Å². The third-order valence-corrected chi connectivity index (χ3v) is 8.83. The Kier molecular flexibility index (Phi) is 8.42. The molecular weight excluding hydrogens is 615 g/mol. The maximum atomic E-state index is 14.3. The number of fused-ring (bicyclic) bond motifs is 1. The Morgan fingerprint density at radius 1 is 1.17 bits per heavy atom. The molecule has 0 saturated carbocycles. The Balaban J connectivity index is 1.81. The van der Waals surface area contributed by atoms with Crippen molar-refractivity contribution in [1.29, 1.82) is 0 Å². The smallest absolute Gasteiger partial charge is 0.303 e. The first-order valence-corrected chi connectivity index (χ1v) is 14.8. The van der Waals surface area contributed by atoms with Crippen molar-refractivity contribution in [1.82, 2.24) is 13.7 Å². The second-order valence-electron chi connectivity index (χ2n) is 8.70. The van der Waals surface area contributed by atoms with Crippen molar-refractivity contribution in [3.05, 3.63) is 71.0 Å². The number of amides is 1. The molecule has 0 bridgehead atoms. The Bertz CT molecular complexity index is 1910. The number of hydrogen-bond acceptors (Lipinski definition) is 7. The van der Waals surface area contributed by atoms with Gasteiger partial charge in [-0.25, -0.2) is 13.8 Å². The highest BCUT2D eigenvalue weighted by Gasteiger charge is 2.34. The molecule has 1 aromatic carbocycles. The Morgan fingerprint density at radius 2 is 1.85 bits per heavy atom. The van der Waals surface area contributed by atoms with E-state index < -0.39 is 49.3 Å². The van der Waals surface area contributed by atoms with Gasteiger partial charge in [-0.15, -0.1) is 22.7 Å². The van der Waals surface area contributed by atoms with Crippen molar-refractivity contribution in [2.24, 2.45) is 19.1 Å². The maximum absolute atomic E-state index is 14.3. The lowest BCUT2D eigenvalue weighted by molar-refractivity contribution is -0.140. The Morgan fingerprint density at radius 3 is 2.44 bits per heavy atom. The van der Waals surface area contributed by atoms with Crippen molar-refractivity contribution in [3.63, 3.8) is 0 Å². The molecule has 0 atom stereocenters. The van der Waals surface area contributed by atoms with Gasteiger partial charge in [0.15, 0.2) is 4.80 Å². The van der Waals surface area contributed by atoms with Gasteiger partial charge >= 0.3 is 19.7 Å². The van der Waals surface area contributed by atoms with Crippen LogP contribution in [-0.2, 0) is 53.7 Å². The van der Waals surface area contributed by atoms with Gasteiger partial charge in [-0.1, -0.05) is 13.0 Å². The topological polar surface area (TPSA) is 145 Å². The van der Waals surface area contributed by atoms with Gasteiger partial charge in [0.1, 0.15) is 17.4 Å². The zero-order chi connectivity index (χ0) is 30.4. The molecule has 0 saturated heterocycles. The minimum absolute atomic E-state index is 0.0262. The van der Waals surface area contributed by atoms with Crippen molar-refractivity contribution in [3.8, 4) is 11.3 Å². The van der Waals surface area contributed by atoms with Crippen LogP contribution in [-0.4, -0.2) is 29.4 Å². The maximum Gasteiger partial charge on any atom is 0.471 e. The first kappa shape index (κ1) is 30.7. The first-order valence-electron chi connectivity index (χ1n) is 11.6. The molecule has 4 aromatic rings. The van der Waals surface area contributed by atoms with E-state index in [9.17, 15) is 46.3 Å². The minimum Gasteiger partial charge on any atom is -0.303 e. The second kappa shape index (κ2) is 11.2. The Hall–Kier alpha value is -3.21. The summed E-state index contributed by atoms with van der Waals surface area (Å²) in [7, 11) is -2.24. The van der Waals surface area contributed by atoms with Gasteiger partial charge in [0, 0.05) is 29.9 Å². The molecule has 1 amide bonds. The van der Waals surface area contributed by atoms with E-state index in [-0.39, 0.29) is 27.9 Å². The molecule has 3 aromatic heterocycles. The highest BCUT2D eigenvalue weighted by molar-refractivity contribution is 7.46. The number of carbonyl (C=O) groups is 1. The fraction of sp³-hybridized carbons (Fsp3) is 0.304. The summed E-state index contributed by atoms with van der Waals surface area (Å²) in [5.41, 5.74) is -2.39. The zero-order valence-electron chi connectivity index (χ0n) is 21.4. The lowest BCUT2D eigenvalue weighted by atomic mass is 10.1. The van der Waals surface area contributed by atoms with Crippen LogP contribution in [0.4, 0.5) is 17.6 Å². The number of rotatable bonds is 7. The van der Waals surface area contributed by atoms with E-state index in [1.165, 1.54) is 35.4 Å². The number of hydrogen-bond donors (Lipinski definition) is 2. The van der Waals surface area contributed by atoms with Crippen molar-refractivity contribution in [2.45, 2.75) is 32.7 Å². The number of nitrogens with zero attached hydrogens (tertiary/aromatic N) is 4. The number of benzene rings is 1. The predicted octanol–water partition coefficient (Wildman–Crippen LogP) is 3.29. The standard InChI is InChI=1S/C23H21F4N4O7PS2/c1-4-16-12(18-19(33)29(2)22(34)30(3)20(18)41-16)8-17(32)28-21-31(10-38-39(35,36)37)15(9-40-21)11-5-6-13(14(24)7-11)23(25,26)27/h5-7,9H,4,8,10H2,1-3H3,(H2,35,36,37). The molecule has 0 radical (unpaired) electrons. The number of halogens is 4. The molecular formula is C23H21F4N4O7PS2. The number of phosphoric ester groups is 1. The number of thiophene rings is 1. The summed E-state index contributed by atoms with van der Waals surface area (Å²) in [6, 6.07) is 2.06. The van der Waals surface area contributed by atoms with E-state index in [4.69, 9.17) is 0 Å². The SMILES string of the molecule is CCc1sc2c(c1CC(=O)N=c1scc(-c3ccc(C(F)(F)F)c(F)c3)n1COP(=O)(O)O)c(=O)n(C)c(=O)n2C. The van der Waals surface area contributed by atoms with E-state index in [0.29, 0.717) is 33.8 Å². The van der Waals surface area contributed by atoms with Gasteiger partial charge in [0.05, 0.1) is 23.1 Å². The van der Waals surface area contributed by atoms with Crippen LogP contribution in [0.3, 0.4) is 0 Å². The summed E-state index contributed by atoms with van der Waals surface area (Å²) in [6.45, 7) is 0.933. The van der Waals surface area contributed by atoms with Crippen LogP contribution in [0.5, 0.6) is 0 Å². The van der Waals surface area contributed by atoms with E-state index in [1.807, 2.05) is 0 Å². The van der Waals surface area contributed by atoms with Crippen molar-refractivity contribution < 1.29 is 41.2 Å². The molecule has 0 aliphatic rings. The lowest BCUT2D eigenvalue weighted by Crippen LogP contribution is -2.36. The van der Waals surface area contributed by atoms with Gasteiger partial charge in [-0.2, -0.15) is 18.2 Å². The number of thiazole rings is 1. The summed E-state index contributed by atoms with van der Waals surface area (Å²) in [5, 5.41) is 1.49. The number of aryl methyl sites for hydroxylation is 2. The fourth-order valence-electron chi connectivity index (χ4n) is 4.10. The fourth-order valence-corrected chi connectivity index (χ4v) is 6.48. The highest BCUT2D eigenvalue weighted by Crippen LogP contribution is 2.37. The number of aromatic nitrogens is 3. The van der Waals surface area contributed by atoms with Crippen LogP contribution in [0.15, 0.2) is 38.2 Å². The first-order chi connectivity index (χ1) is 19.0. The summed E-state index contributed by atoms with van der Waals surface area (Å²) in [6.07, 6.45) is -4.86. The molecule has 0 aliphatic carbocycles. The van der Waals surface area contributed by atoms with Crippen LogP contribution < -0.4 is 16.1 Å². The largest absolute Gasteiger partial charge is 0.471 e. The van der Waals surface area contributed by atoms with Gasteiger partial charge in [0.2, 0.25) is 0 Å². The molecule has 4 rings (SSSR count). The quantitative estimate of drug-likeness (QED) is 0.234. The van der Waals surface area contributed by atoms with Crippen LogP contribution in [0.2, 0.25) is 0 Å². The predicted molar refractivity (Wildman–Crippen MR) is 142 cm³/mol.